The number of hydrazine groups is 1. The molecule has 2 nitrogen and oxygen atoms in total. The second kappa shape index (κ2) is 4.24. The van der Waals surface area contributed by atoms with E-state index in [1.165, 1.54) is 18.9 Å². The van der Waals surface area contributed by atoms with Crippen LogP contribution in [0.5, 0.6) is 0 Å². The Hall–Kier alpha value is -1.00. The monoisotopic (exact) mass is 212 g/mol. The summed E-state index contributed by atoms with van der Waals surface area (Å²) >= 11 is 0. The number of hydrogen-bond donors (Lipinski definition) is 2. The summed E-state index contributed by atoms with van der Waals surface area (Å²) < 4.78 is 25.7. The van der Waals surface area contributed by atoms with Gasteiger partial charge in [-0.25, -0.2) is 8.78 Å². The Morgan fingerprint density at radius 3 is 2.60 bits per heavy atom. The lowest BCUT2D eigenvalue weighted by Gasteiger charge is -2.15. The quantitative estimate of drug-likeness (QED) is 0.593. The van der Waals surface area contributed by atoms with Gasteiger partial charge in [0.15, 0.2) is 11.6 Å². The van der Waals surface area contributed by atoms with Gasteiger partial charge in [-0.3, -0.25) is 11.3 Å². The maximum Gasteiger partial charge on any atom is 0.159 e. The van der Waals surface area contributed by atoms with Gasteiger partial charge in [-0.05, 0) is 30.0 Å². The van der Waals surface area contributed by atoms with Gasteiger partial charge >= 0.3 is 0 Å². The Kier molecular flexibility index (Phi) is 2.98. The van der Waals surface area contributed by atoms with Crippen molar-refractivity contribution in [2.45, 2.75) is 25.3 Å². The molecular weight excluding hydrogens is 198 g/mol. The van der Waals surface area contributed by atoms with E-state index >= 15 is 0 Å². The average Bonchev–Trinajstić information content (AvgIpc) is 3.02. The molecule has 1 aromatic carbocycles. The molecule has 0 aliphatic heterocycles. The molecule has 0 saturated heterocycles. The molecule has 0 heterocycles. The molecular formula is C11H14F2N2. The van der Waals surface area contributed by atoms with Crippen LogP contribution in [0.1, 0.15) is 30.9 Å². The zero-order chi connectivity index (χ0) is 10.8. The Balaban J connectivity index is 2.13. The van der Waals surface area contributed by atoms with E-state index < -0.39 is 11.6 Å². The van der Waals surface area contributed by atoms with E-state index in [-0.39, 0.29) is 6.04 Å². The van der Waals surface area contributed by atoms with E-state index in [1.54, 1.807) is 6.07 Å². The van der Waals surface area contributed by atoms with Crippen molar-refractivity contribution < 1.29 is 8.78 Å². The molecule has 15 heavy (non-hydrogen) atoms. The zero-order valence-corrected chi connectivity index (χ0v) is 8.34. The van der Waals surface area contributed by atoms with Gasteiger partial charge in [0, 0.05) is 6.04 Å². The van der Waals surface area contributed by atoms with E-state index in [2.05, 4.69) is 5.43 Å². The summed E-state index contributed by atoms with van der Waals surface area (Å²) in [6.07, 6.45) is 3.31. The minimum absolute atomic E-state index is 0.0763. The van der Waals surface area contributed by atoms with Crippen LogP contribution < -0.4 is 11.3 Å². The first-order valence-corrected chi connectivity index (χ1v) is 5.12. The molecule has 0 aromatic heterocycles. The molecule has 1 saturated carbocycles. The van der Waals surface area contributed by atoms with Gasteiger partial charge in [0.05, 0.1) is 0 Å². The molecule has 82 valence electrons. The molecule has 2 rings (SSSR count). The number of hydrogen-bond acceptors (Lipinski definition) is 2. The molecule has 3 N–H and O–H groups in total. The van der Waals surface area contributed by atoms with E-state index in [0.29, 0.717) is 11.5 Å². The lowest BCUT2D eigenvalue weighted by Crippen LogP contribution is -2.28. The average molecular weight is 212 g/mol. The number of halogens is 2. The van der Waals surface area contributed by atoms with Crippen molar-refractivity contribution in [2.24, 2.45) is 11.8 Å². The minimum atomic E-state index is -0.819. The molecule has 1 fully saturated rings. The highest BCUT2D eigenvalue weighted by molar-refractivity contribution is 5.21. The first kappa shape index (κ1) is 10.5. The third kappa shape index (κ3) is 2.52. The molecule has 4 heteroatoms. The summed E-state index contributed by atoms with van der Waals surface area (Å²) in [5, 5.41) is 0. The fourth-order valence-electron chi connectivity index (χ4n) is 1.72. The first-order chi connectivity index (χ1) is 7.20. The van der Waals surface area contributed by atoms with Gasteiger partial charge in [-0.15, -0.1) is 0 Å². The fourth-order valence-corrected chi connectivity index (χ4v) is 1.72. The predicted molar refractivity (Wildman–Crippen MR) is 53.8 cm³/mol. The van der Waals surface area contributed by atoms with Crippen LogP contribution in [-0.2, 0) is 0 Å². The maximum absolute atomic E-state index is 13.0. The molecule has 1 aliphatic carbocycles. The zero-order valence-electron chi connectivity index (χ0n) is 8.34. The van der Waals surface area contributed by atoms with Crippen molar-refractivity contribution >= 4 is 0 Å². The first-order valence-electron chi connectivity index (χ1n) is 5.12. The third-order valence-electron chi connectivity index (χ3n) is 2.81. The highest BCUT2D eigenvalue weighted by atomic mass is 19.2. The van der Waals surface area contributed by atoms with Crippen LogP contribution in [0.25, 0.3) is 0 Å². The van der Waals surface area contributed by atoms with E-state index in [9.17, 15) is 8.78 Å². The Morgan fingerprint density at radius 2 is 2.07 bits per heavy atom. The summed E-state index contributed by atoms with van der Waals surface area (Å²) in [7, 11) is 0. The summed E-state index contributed by atoms with van der Waals surface area (Å²) in [6, 6.07) is 3.85. The van der Waals surface area contributed by atoms with Crippen LogP contribution in [0.2, 0.25) is 0 Å². The second-order valence-corrected chi connectivity index (χ2v) is 4.07. The Labute approximate surface area is 87.4 Å². The SMILES string of the molecule is NNC(CC1CC1)c1ccc(F)c(F)c1. The van der Waals surface area contributed by atoms with Crippen LogP contribution in [0.4, 0.5) is 8.78 Å². The van der Waals surface area contributed by atoms with E-state index in [0.717, 1.165) is 12.5 Å². The number of nitrogens with two attached hydrogens (primary N) is 1. The number of nitrogens with one attached hydrogen (secondary N) is 1. The molecule has 0 radical (unpaired) electrons. The van der Waals surface area contributed by atoms with Crippen molar-refractivity contribution in [3.63, 3.8) is 0 Å². The van der Waals surface area contributed by atoms with E-state index in [4.69, 9.17) is 5.84 Å². The Bertz CT molecular complexity index is 350. The van der Waals surface area contributed by atoms with Gasteiger partial charge in [0.25, 0.3) is 0 Å². The molecule has 0 bridgehead atoms. The van der Waals surface area contributed by atoms with E-state index in [1.807, 2.05) is 0 Å². The normalized spacial score (nSPS) is 17.8. The van der Waals surface area contributed by atoms with Crippen molar-refractivity contribution in [1.29, 1.82) is 0 Å². The molecule has 0 spiro atoms. The van der Waals surface area contributed by atoms with Crippen molar-refractivity contribution in [1.82, 2.24) is 5.43 Å². The van der Waals surface area contributed by atoms with Crippen LogP contribution in [0.3, 0.4) is 0 Å². The van der Waals surface area contributed by atoms with Gasteiger partial charge < -0.3 is 0 Å². The van der Waals surface area contributed by atoms with Crippen LogP contribution in [-0.4, -0.2) is 0 Å². The number of benzene rings is 1. The third-order valence-corrected chi connectivity index (χ3v) is 2.81. The maximum atomic E-state index is 13.0. The van der Waals surface area contributed by atoms with Gasteiger partial charge in [0.1, 0.15) is 0 Å². The summed E-state index contributed by atoms with van der Waals surface area (Å²) in [5.74, 6) is 4.45. The smallest absolute Gasteiger partial charge is 0.159 e. The summed E-state index contributed by atoms with van der Waals surface area (Å²) in [5.41, 5.74) is 3.36. The molecule has 1 aliphatic rings. The molecule has 1 aromatic rings. The van der Waals surface area contributed by atoms with Crippen molar-refractivity contribution in [3.8, 4) is 0 Å². The minimum Gasteiger partial charge on any atom is -0.271 e. The van der Waals surface area contributed by atoms with Crippen molar-refractivity contribution in [2.75, 3.05) is 0 Å². The van der Waals surface area contributed by atoms with Crippen LogP contribution >= 0.6 is 0 Å². The lowest BCUT2D eigenvalue weighted by molar-refractivity contribution is 0.472. The topological polar surface area (TPSA) is 38.0 Å². The molecule has 1 unspecified atom stereocenters. The summed E-state index contributed by atoms with van der Waals surface area (Å²) in [6.45, 7) is 0. The number of rotatable bonds is 4. The Morgan fingerprint density at radius 1 is 1.33 bits per heavy atom. The van der Waals surface area contributed by atoms with Gasteiger partial charge in [0.2, 0.25) is 0 Å². The second-order valence-electron chi connectivity index (χ2n) is 4.07. The lowest BCUT2D eigenvalue weighted by atomic mass is 10.0. The fraction of sp³-hybridized carbons (Fsp3) is 0.455. The molecule has 0 amide bonds. The van der Waals surface area contributed by atoms with Crippen LogP contribution in [0.15, 0.2) is 18.2 Å². The highest BCUT2D eigenvalue weighted by Crippen LogP contribution is 2.37. The van der Waals surface area contributed by atoms with Gasteiger partial charge in [-0.2, -0.15) is 0 Å². The summed E-state index contributed by atoms with van der Waals surface area (Å²) in [4.78, 5) is 0. The predicted octanol–water partition coefficient (Wildman–Crippen LogP) is 2.27. The standard InChI is InChI=1S/C11H14F2N2/c12-9-4-3-8(6-10(9)13)11(15-14)5-7-1-2-7/h3-4,6-7,11,15H,1-2,5,14H2. The largest absolute Gasteiger partial charge is 0.271 e. The van der Waals surface area contributed by atoms with Crippen molar-refractivity contribution in [3.05, 3.63) is 35.4 Å². The van der Waals surface area contributed by atoms with Crippen LogP contribution in [0, 0.1) is 17.6 Å². The van der Waals surface area contributed by atoms with Gasteiger partial charge in [-0.1, -0.05) is 18.9 Å². The highest BCUT2D eigenvalue weighted by Gasteiger charge is 2.26. The molecule has 1 atom stereocenters.